The Hall–Kier alpha value is 0.952. The first kappa shape index (κ1) is 15.0. The van der Waals surface area contributed by atoms with Crippen molar-refractivity contribution in [3.05, 3.63) is 0 Å². The Morgan fingerprint density at radius 1 is 1.07 bits per heavy atom. The molecule has 0 fully saturated rings. The van der Waals surface area contributed by atoms with Crippen LogP contribution in [0.15, 0.2) is 0 Å². The van der Waals surface area contributed by atoms with Crippen LogP contribution in [0.3, 0.4) is 0 Å². The summed E-state index contributed by atoms with van der Waals surface area (Å²) in [5.41, 5.74) is 0. The third kappa shape index (κ3) is 4.65. The van der Waals surface area contributed by atoms with Gasteiger partial charge in [-0.15, -0.1) is 0 Å². The molecule has 0 bridgehead atoms. The summed E-state index contributed by atoms with van der Waals surface area (Å²) in [6.07, 6.45) is 0. The van der Waals surface area contributed by atoms with E-state index in [4.69, 9.17) is 4.74 Å². The standard InChI is InChI=1S/C10H24OSi2.Mo/c1-8-11-9-10(12(2,3)4)13(5,6)7;/h10H,8H2,1-7H3;. The van der Waals surface area contributed by atoms with Gasteiger partial charge in [0.1, 0.15) is 0 Å². The molecule has 0 aromatic carbocycles. The van der Waals surface area contributed by atoms with Crippen LogP contribution < -0.4 is 0 Å². The van der Waals surface area contributed by atoms with Crippen LogP contribution in [0, 0.1) is 0 Å². The van der Waals surface area contributed by atoms with Gasteiger partial charge in [0, 0.05) is 0 Å². The molecular formula is C10H24MoOSi2. The summed E-state index contributed by atoms with van der Waals surface area (Å²) in [7, 11) is -2.24. The van der Waals surface area contributed by atoms with E-state index in [0.29, 0.717) is 0 Å². The molecule has 14 heavy (non-hydrogen) atoms. The Bertz CT molecular complexity index is 189. The average molecular weight is 312 g/mol. The van der Waals surface area contributed by atoms with E-state index in [-0.39, 0.29) is 0 Å². The molecule has 0 N–H and O–H groups in total. The van der Waals surface area contributed by atoms with Gasteiger partial charge >= 0.3 is 102 Å². The van der Waals surface area contributed by atoms with Gasteiger partial charge in [0.05, 0.1) is 0 Å². The number of hydrogen-bond acceptors (Lipinski definition) is 1. The van der Waals surface area contributed by atoms with Crippen molar-refractivity contribution < 1.29 is 24.1 Å². The summed E-state index contributed by atoms with van der Waals surface area (Å²) >= 11 is 2.11. The summed E-state index contributed by atoms with van der Waals surface area (Å²) in [5, 5.41) is 0.778. The fourth-order valence-corrected chi connectivity index (χ4v) is 19.7. The van der Waals surface area contributed by atoms with Gasteiger partial charge in [-0.05, 0) is 0 Å². The molecule has 0 unspecified atom stereocenters. The van der Waals surface area contributed by atoms with E-state index < -0.39 is 16.1 Å². The van der Waals surface area contributed by atoms with Gasteiger partial charge in [-0.25, -0.2) is 0 Å². The molecule has 84 valence electrons. The van der Waals surface area contributed by atoms with Crippen molar-refractivity contribution in [2.45, 2.75) is 51.4 Å². The zero-order chi connectivity index (χ0) is 11.6. The van der Waals surface area contributed by atoms with Crippen molar-refractivity contribution in [1.29, 1.82) is 0 Å². The van der Waals surface area contributed by atoms with Crippen LogP contribution in [0.25, 0.3) is 0 Å². The van der Waals surface area contributed by atoms with E-state index in [1.54, 1.807) is 0 Å². The molecule has 0 rings (SSSR count). The summed E-state index contributed by atoms with van der Waals surface area (Å²) in [6.45, 7) is 17.6. The third-order valence-electron chi connectivity index (χ3n) is 2.25. The fraction of sp³-hybridized carbons (Fsp3) is 0.900. The molecule has 0 heterocycles. The SMILES string of the molecule is CCO[C](=[Mo])C([Si](C)(C)C)[Si](C)(C)C. The van der Waals surface area contributed by atoms with Crippen LogP contribution in [-0.4, -0.2) is 26.8 Å². The molecule has 0 aromatic rings. The molecule has 0 atom stereocenters. The van der Waals surface area contributed by atoms with Crippen molar-refractivity contribution in [2.24, 2.45) is 0 Å². The van der Waals surface area contributed by atoms with Gasteiger partial charge in [0.2, 0.25) is 0 Å². The van der Waals surface area contributed by atoms with Gasteiger partial charge < -0.3 is 0 Å². The molecule has 0 saturated heterocycles. The molecule has 0 aliphatic carbocycles. The van der Waals surface area contributed by atoms with E-state index in [2.05, 4.69) is 65.6 Å². The van der Waals surface area contributed by atoms with Crippen LogP contribution in [-0.2, 0) is 24.1 Å². The van der Waals surface area contributed by atoms with Crippen LogP contribution in [0.4, 0.5) is 0 Å². The normalized spacial score (nSPS) is 13.4. The van der Waals surface area contributed by atoms with E-state index in [1.807, 2.05) is 0 Å². The summed E-state index contributed by atoms with van der Waals surface area (Å²) < 4.78 is 7.05. The summed E-state index contributed by atoms with van der Waals surface area (Å²) in [4.78, 5) is 0. The van der Waals surface area contributed by atoms with E-state index >= 15 is 0 Å². The molecule has 0 saturated carbocycles. The van der Waals surface area contributed by atoms with Crippen molar-refractivity contribution in [3.8, 4) is 0 Å². The van der Waals surface area contributed by atoms with Crippen molar-refractivity contribution in [2.75, 3.05) is 6.61 Å². The average Bonchev–Trinajstić information content (AvgIpc) is 1.78. The van der Waals surface area contributed by atoms with E-state index in [0.717, 1.165) is 11.8 Å². The molecule has 1 nitrogen and oxygen atoms in total. The Labute approximate surface area is 102 Å². The second-order valence-corrected chi connectivity index (χ2v) is 18.1. The molecule has 0 aliphatic heterocycles. The van der Waals surface area contributed by atoms with Gasteiger partial charge in [-0.1, -0.05) is 0 Å². The first-order valence-corrected chi connectivity index (χ1v) is 13.4. The number of hydrogen-bond donors (Lipinski definition) is 0. The van der Waals surface area contributed by atoms with Crippen molar-refractivity contribution in [1.82, 2.24) is 0 Å². The molecule has 0 spiro atoms. The Morgan fingerprint density at radius 3 is 1.64 bits per heavy atom. The second kappa shape index (κ2) is 5.33. The first-order valence-electron chi connectivity index (χ1n) is 5.27. The number of ether oxygens (including phenoxy) is 1. The van der Waals surface area contributed by atoms with Gasteiger partial charge in [-0.2, -0.15) is 0 Å². The quantitative estimate of drug-likeness (QED) is 0.708. The molecule has 0 radical (unpaired) electrons. The Morgan fingerprint density at radius 2 is 1.43 bits per heavy atom. The summed E-state index contributed by atoms with van der Waals surface area (Å²) in [5.74, 6) is 0. The zero-order valence-electron chi connectivity index (χ0n) is 10.6. The Kier molecular flexibility index (Phi) is 5.69. The van der Waals surface area contributed by atoms with Gasteiger partial charge in [-0.3, -0.25) is 0 Å². The molecular weight excluding hydrogens is 288 g/mol. The fourth-order valence-electron chi connectivity index (χ4n) is 2.23. The second-order valence-electron chi connectivity index (χ2n) is 5.92. The van der Waals surface area contributed by atoms with Crippen molar-refractivity contribution >= 4 is 20.2 Å². The van der Waals surface area contributed by atoms with Gasteiger partial charge in [0.15, 0.2) is 0 Å². The first-order chi connectivity index (χ1) is 6.10. The van der Waals surface area contributed by atoms with Crippen LogP contribution in [0.1, 0.15) is 6.92 Å². The van der Waals surface area contributed by atoms with Crippen LogP contribution in [0.5, 0.6) is 0 Å². The molecule has 0 aromatic heterocycles. The molecule has 4 heteroatoms. The topological polar surface area (TPSA) is 9.23 Å². The minimum atomic E-state index is -1.12. The predicted molar refractivity (Wildman–Crippen MR) is 67.1 cm³/mol. The maximum absolute atomic E-state index is 5.75. The van der Waals surface area contributed by atoms with Crippen molar-refractivity contribution in [3.63, 3.8) is 0 Å². The molecule has 0 aliphatic rings. The van der Waals surface area contributed by atoms with E-state index in [1.165, 1.54) is 4.08 Å². The van der Waals surface area contributed by atoms with Gasteiger partial charge in [0.25, 0.3) is 0 Å². The molecule has 0 amide bonds. The minimum absolute atomic E-state index is 0.778. The Balaban J connectivity index is 4.84. The monoisotopic (exact) mass is 314 g/mol. The van der Waals surface area contributed by atoms with Crippen LogP contribution >= 0.6 is 0 Å². The third-order valence-corrected chi connectivity index (χ3v) is 13.4. The summed E-state index contributed by atoms with van der Waals surface area (Å²) in [6, 6.07) is 0. The number of rotatable bonds is 5. The maximum atomic E-state index is 5.75. The predicted octanol–water partition coefficient (Wildman–Crippen LogP) is 3.29. The zero-order valence-corrected chi connectivity index (χ0v) is 14.6. The van der Waals surface area contributed by atoms with Crippen LogP contribution in [0.2, 0.25) is 44.4 Å². The van der Waals surface area contributed by atoms with E-state index in [9.17, 15) is 0 Å².